The van der Waals surface area contributed by atoms with Crippen LogP contribution in [0, 0.1) is 0 Å². The monoisotopic (exact) mass is 495 g/mol. The van der Waals surface area contributed by atoms with Gasteiger partial charge in [-0.05, 0) is 41.0 Å². The molecule has 0 aliphatic carbocycles. The largest absolute Gasteiger partial charge is 0.480 e. The van der Waals surface area contributed by atoms with Crippen LogP contribution in [0.4, 0.5) is 8.78 Å². The van der Waals surface area contributed by atoms with Gasteiger partial charge in [0.25, 0.3) is 0 Å². The summed E-state index contributed by atoms with van der Waals surface area (Å²) in [6.07, 6.45) is -0.577. The van der Waals surface area contributed by atoms with E-state index < -0.39 is 22.7 Å². The first-order valence-electron chi connectivity index (χ1n) is 8.85. The van der Waals surface area contributed by atoms with E-state index in [1.807, 2.05) is 24.3 Å². The second-order valence-electron chi connectivity index (χ2n) is 6.79. The maximum absolute atomic E-state index is 13.0. The van der Waals surface area contributed by atoms with Crippen molar-refractivity contribution >= 4 is 26.0 Å². The summed E-state index contributed by atoms with van der Waals surface area (Å²) in [4.78, 5) is 0. The Morgan fingerprint density at radius 1 is 1.10 bits per heavy atom. The Labute approximate surface area is 180 Å². The molecule has 30 heavy (non-hydrogen) atoms. The van der Waals surface area contributed by atoms with Gasteiger partial charge < -0.3 is 9.47 Å². The summed E-state index contributed by atoms with van der Waals surface area (Å²) < 4.78 is 60.8. The smallest absolute Gasteiger partial charge is 0.387 e. The van der Waals surface area contributed by atoms with Crippen LogP contribution in [0.3, 0.4) is 0 Å². The van der Waals surface area contributed by atoms with Crippen molar-refractivity contribution in [1.82, 2.24) is 0 Å². The number of fused-ring (bicyclic) bond motifs is 3. The quantitative estimate of drug-likeness (QED) is 0.540. The highest BCUT2D eigenvalue weighted by atomic mass is 79.9. The number of benzene rings is 3. The fourth-order valence-electron chi connectivity index (χ4n) is 3.56. The van der Waals surface area contributed by atoms with Crippen molar-refractivity contribution in [2.45, 2.75) is 18.5 Å². The number of hydrogen-bond acceptors (Lipinski definition) is 4. The first-order valence-corrected chi connectivity index (χ1v) is 11.4. The van der Waals surface area contributed by atoms with E-state index in [0.29, 0.717) is 28.0 Å². The second kappa shape index (κ2) is 7.98. The van der Waals surface area contributed by atoms with Crippen LogP contribution >= 0.6 is 15.9 Å². The normalized spacial score (nSPS) is 15.3. The maximum Gasteiger partial charge on any atom is 0.387 e. The fourth-order valence-corrected chi connectivity index (χ4v) is 4.62. The molecular formula is C21H16BrF2NO4S. The van der Waals surface area contributed by atoms with Gasteiger partial charge in [0.05, 0.1) is 11.3 Å². The molecular weight excluding hydrogens is 480 g/mol. The molecule has 3 aromatic carbocycles. The molecule has 1 atom stereocenters. The summed E-state index contributed by atoms with van der Waals surface area (Å²) in [5, 5.41) is 5.20. The summed E-state index contributed by atoms with van der Waals surface area (Å²) >= 11 is 3.44. The number of nitrogens with two attached hydrogens (primary N) is 1. The number of rotatable bonds is 5. The molecule has 9 heteroatoms. The summed E-state index contributed by atoms with van der Waals surface area (Å²) in [6, 6.07) is 17.1. The highest BCUT2D eigenvalue weighted by molar-refractivity contribution is 9.10. The van der Waals surface area contributed by atoms with Gasteiger partial charge in [-0.2, -0.15) is 8.78 Å². The zero-order valence-electron chi connectivity index (χ0n) is 15.4. The molecule has 0 aromatic heterocycles. The summed E-state index contributed by atoms with van der Waals surface area (Å²) in [6.45, 7) is -3.00. The molecule has 5 nitrogen and oxygen atoms in total. The van der Waals surface area contributed by atoms with Crippen molar-refractivity contribution in [3.05, 3.63) is 81.8 Å². The minimum absolute atomic E-state index is 0.0179. The molecule has 1 aliphatic rings. The topological polar surface area (TPSA) is 78.6 Å². The molecule has 4 rings (SSSR count). The molecule has 3 aromatic rings. The van der Waals surface area contributed by atoms with Crippen LogP contribution in [0.25, 0.3) is 11.1 Å². The lowest BCUT2D eigenvalue weighted by atomic mass is 9.88. The van der Waals surface area contributed by atoms with Crippen molar-refractivity contribution in [3.63, 3.8) is 0 Å². The average molecular weight is 496 g/mol. The third kappa shape index (κ3) is 4.33. The van der Waals surface area contributed by atoms with Crippen LogP contribution in [0.2, 0.25) is 0 Å². The third-order valence-electron chi connectivity index (χ3n) is 4.64. The molecule has 2 N–H and O–H groups in total. The van der Waals surface area contributed by atoms with Crippen LogP contribution in [0.1, 0.15) is 22.8 Å². The number of hydrogen-bond donors (Lipinski definition) is 1. The molecule has 1 aliphatic heterocycles. The Kier molecular flexibility index (Phi) is 5.52. The van der Waals surface area contributed by atoms with E-state index in [0.717, 1.165) is 10.0 Å². The minimum atomic E-state index is -3.75. The van der Waals surface area contributed by atoms with Crippen LogP contribution in [-0.2, 0) is 15.8 Å². The molecule has 0 fully saturated rings. The predicted octanol–water partition coefficient (Wildman–Crippen LogP) is 4.99. The van der Waals surface area contributed by atoms with Gasteiger partial charge in [-0.15, -0.1) is 0 Å². The van der Waals surface area contributed by atoms with Gasteiger partial charge in [-0.1, -0.05) is 52.3 Å². The third-order valence-corrected chi connectivity index (χ3v) is 5.86. The standard InChI is InChI=1S/C21H16BrF2NO4S/c22-14-4-1-3-13(10-14)20-16-9-12(11-30(25,26)27)7-8-15(16)19-17(28-20)5-2-6-18(19)29-21(23)24/h1-10,20-21H,11H2,(H2,25,26,27). The van der Waals surface area contributed by atoms with Gasteiger partial charge in [0.2, 0.25) is 10.0 Å². The van der Waals surface area contributed by atoms with E-state index in [2.05, 4.69) is 15.9 Å². The van der Waals surface area contributed by atoms with Crippen molar-refractivity contribution in [3.8, 4) is 22.6 Å². The Hall–Kier alpha value is -2.49. The predicted molar refractivity (Wildman–Crippen MR) is 112 cm³/mol. The van der Waals surface area contributed by atoms with Crippen LogP contribution in [0.15, 0.2) is 65.1 Å². The average Bonchev–Trinajstić information content (AvgIpc) is 2.65. The number of halogens is 3. The van der Waals surface area contributed by atoms with E-state index in [-0.39, 0.29) is 11.5 Å². The van der Waals surface area contributed by atoms with E-state index in [4.69, 9.17) is 14.6 Å². The van der Waals surface area contributed by atoms with E-state index in [9.17, 15) is 17.2 Å². The Bertz CT molecular complexity index is 1220. The van der Waals surface area contributed by atoms with E-state index in [1.54, 1.807) is 30.3 Å². The zero-order chi connectivity index (χ0) is 21.5. The number of sulfonamides is 1. The van der Waals surface area contributed by atoms with Gasteiger partial charge in [0, 0.05) is 10.0 Å². The maximum atomic E-state index is 13.0. The molecule has 0 amide bonds. The molecule has 0 radical (unpaired) electrons. The van der Waals surface area contributed by atoms with Crippen LogP contribution in [0.5, 0.6) is 11.5 Å². The molecule has 1 heterocycles. The lowest BCUT2D eigenvalue weighted by molar-refractivity contribution is -0.0496. The molecule has 1 unspecified atom stereocenters. The van der Waals surface area contributed by atoms with Gasteiger partial charge in [-0.3, -0.25) is 0 Å². The van der Waals surface area contributed by atoms with Crippen molar-refractivity contribution < 1.29 is 26.7 Å². The summed E-state index contributed by atoms with van der Waals surface area (Å²) in [5.74, 6) is 0.0218. The molecule has 0 spiro atoms. The summed E-state index contributed by atoms with van der Waals surface area (Å²) in [7, 11) is -3.75. The Morgan fingerprint density at radius 2 is 1.87 bits per heavy atom. The van der Waals surface area contributed by atoms with E-state index >= 15 is 0 Å². The minimum Gasteiger partial charge on any atom is -0.480 e. The second-order valence-corrected chi connectivity index (χ2v) is 9.32. The summed E-state index contributed by atoms with van der Waals surface area (Å²) in [5.41, 5.74) is 2.92. The lowest BCUT2D eigenvalue weighted by Crippen LogP contribution is -2.18. The zero-order valence-corrected chi connectivity index (χ0v) is 17.8. The Balaban J connectivity index is 1.92. The molecule has 0 saturated carbocycles. The highest BCUT2D eigenvalue weighted by Gasteiger charge is 2.31. The van der Waals surface area contributed by atoms with Crippen LogP contribution < -0.4 is 14.6 Å². The first-order chi connectivity index (χ1) is 14.2. The molecule has 156 valence electrons. The van der Waals surface area contributed by atoms with Crippen molar-refractivity contribution in [2.24, 2.45) is 5.14 Å². The van der Waals surface area contributed by atoms with Crippen LogP contribution in [-0.4, -0.2) is 15.0 Å². The SMILES string of the molecule is NS(=O)(=O)Cc1ccc2c(c1)C(c1cccc(Br)c1)Oc1cccc(OC(F)F)c1-2. The molecule has 0 bridgehead atoms. The van der Waals surface area contributed by atoms with E-state index in [1.165, 1.54) is 6.07 Å². The number of alkyl halides is 2. The fraction of sp³-hybridized carbons (Fsp3) is 0.143. The lowest BCUT2D eigenvalue weighted by Gasteiger charge is -2.30. The molecule has 0 saturated heterocycles. The highest BCUT2D eigenvalue weighted by Crippen LogP contribution is 2.49. The Morgan fingerprint density at radius 3 is 2.57 bits per heavy atom. The van der Waals surface area contributed by atoms with Gasteiger partial charge in [0.15, 0.2) is 0 Å². The first kappa shape index (κ1) is 20.8. The number of primary sulfonamides is 1. The van der Waals surface area contributed by atoms with Gasteiger partial charge in [0.1, 0.15) is 17.6 Å². The van der Waals surface area contributed by atoms with Gasteiger partial charge in [-0.25, -0.2) is 13.6 Å². The van der Waals surface area contributed by atoms with Crippen molar-refractivity contribution in [1.29, 1.82) is 0 Å². The van der Waals surface area contributed by atoms with Gasteiger partial charge >= 0.3 is 6.61 Å². The van der Waals surface area contributed by atoms with Crippen molar-refractivity contribution in [2.75, 3.05) is 0 Å². The number of ether oxygens (including phenoxy) is 2.